The van der Waals surface area contributed by atoms with Crippen molar-refractivity contribution in [3.63, 3.8) is 0 Å². The number of hydrogen-bond donors (Lipinski definition) is 1. The molecule has 1 aromatic heterocycles. The van der Waals surface area contributed by atoms with Gasteiger partial charge >= 0.3 is 5.63 Å². The van der Waals surface area contributed by atoms with Gasteiger partial charge in [0.25, 0.3) is 5.91 Å². The van der Waals surface area contributed by atoms with E-state index in [4.69, 9.17) is 9.15 Å². The van der Waals surface area contributed by atoms with E-state index < -0.39 is 0 Å². The van der Waals surface area contributed by atoms with Gasteiger partial charge in [0.2, 0.25) is 0 Å². The smallest absolute Gasteiger partial charge is 0.336 e. The van der Waals surface area contributed by atoms with Crippen molar-refractivity contribution in [1.29, 1.82) is 0 Å². The van der Waals surface area contributed by atoms with Gasteiger partial charge in [-0.25, -0.2) is 4.79 Å². The van der Waals surface area contributed by atoms with Gasteiger partial charge in [0, 0.05) is 23.6 Å². The molecular weight excluding hydrogens is 306 g/mol. The molecule has 0 radical (unpaired) electrons. The van der Waals surface area contributed by atoms with Crippen LogP contribution in [0.15, 0.2) is 33.5 Å². The van der Waals surface area contributed by atoms with E-state index in [1.807, 2.05) is 26.8 Å². The number of ether oxygens (including phenoxy) is 1. The Bertz CT molecular complexity index is 764. The average molecular weight is 331 g/mol. The Balaban J connectivity index is 2.11. The van der Waals surface area contributed by atoms with Gasteiger partial charge in [0.15, 0.2) is 6.61 Å². The second-order valence-corrected chi connectivity index (χ2v) is 6.39. The van der Waals surface area contributed by atoms with Crippen LogP contribution in [0.4, 0.5) is 0 Å². The van der Waals surface area contributed by atoms with Crippen LogP contribution in [0.25, 0.3) is 11.0 Å². The van der Waals surface area contributed by atoms with E-state index in [-0.39, 0.29) is 24.2 Å². The number of carbonyl (C=O) groups is 1. The summed E-state index contributed by atoms with van der Waals surface area (Å²) in [7, 11) is 0. The predicted octanol–water partition coefficient (Wildman–Crippen LogP) is 3.29. The Kier molecular flexibility index (Phi) is 6.01. The van der Waals surface area contributed by atoms with E-state index in [2.05, 4.69) is 12.2 Å². The van der Waals surface area contributed by atoms with Gasteiger partial charge in [-0.2, -0.15) is 0 Å². The zero-order valence-electron chi connectivity index (χ0n) is 14.7. The molecule has 0 saturated carbocycles. The summed E-state index contributed by atoms with van der Waals surface area (Å²) in [5, 5.41) is 3.79. The van der Waals surface area contributed by atoms with Crippen LogP contribution >= 0.6 is 0 Å². The van der Waals surface area contributed by atoms with Crippen molar-refractivity contribution < 1.29 is 13.9 Å². The van der Waals surface area contributed by atoms with Crippen LogP contribution < -0.4 is 15.7 Å². The molecule has 1 heterocycles. The third-order valence-corrected chi connectivity index (χ3v) is 4.08. The van der Waals surface area contributed by atoms with Crippen molar-refractivity contribution in [3.05, 3.63) is 40.2 Å². The van der Waals surface area contributed by atoms with E-state index in [1.165, 1.54) is 6.07 Å². The first-order valence-electron chi connectivity index (χ1n) is 8.39. The molecule has 1 unspecified atom stereocenters. The summed E-state index contributed by atoms with van der Waals surface area (Å²) in [4.78, 5) is 23.5. The van der Waals surface area contributed by atoms with Crippen LogP contribution in [0.5, 0.6) is 5.75 Å². The molecule has 1 N–H and O–H groups in total. The Labute approximate surface area is 142 Å². The van der Waals surface area contributed by atoms with Gasteiger partial charge in [-0.05, 0) is 37.0 Å². The Morgan fingerprint density at radius 1 is 1.25 bits per heavy atom. The molecule has 1 atom stereocenters. The van der Waals surface area contributed by atoms with Crippen molar-refractivity contribution in [1.82, 2.24) is 5.32 Å². The highest BCUT2D eigenvalue weighted by Gasteiger charge is 2.12. The molecule has 130 valence electrons. The molecule has 5 heteroatoms. The molecule has 24 heavy (non-hydrogen) atoms. The van der Waals surface area contributed by atoms with E-state index >= 15 is 0 Å². The van der Waals surface area contributed by atoms with Crippen LogP contribution in [0.2, 0.25) is 0 Å². The van der Waals surface area contributed by atoms with Crippen molar-refractivity contribution in [2.24, 2.45) is 5.92 Å². The standard InChI is InChI=1S/C19H25NO4/c1-5-6-14-9-19(22)24-17-10-15(7-8-16(14)17)23-11-18(21)20-13(4)12(2)3/h7-10,12-13H,5-6,11H2,1-4H3,(H,20,21). The summed E-state index contributed by atoms with van der Waals surface area (Å²) < 4.78 is 10.8. The number of benzene rings is 1. The SMILES string of the molecule is CCCc1cc(=O)oc2cc(OCC(=O)NC(C)C(C)C)ccc12. The monoisotopic (exact) mass is 331 g/mol. The third kappa shape index (κ3) is 4.60. The lowest BCUT2D eigenvalue weighted by atomic mass is 10.1. The number of fused-ring (bicyclic) bond motifs is 1. The van der Waals surface area contributed by atoms with E-state index in [0.29, 0.717) is 17.3 Å². The van der Waals surface area contributed by atoms with Crippen molar-refractivity contribution >= 4 is 16.9 Å². The lowest BCUT2D eigenvalue weighted by Gasteiger charge is -2.17. The third-order valence-electron chi connectivity index (χ3n) is 4.08. The molecule has 0 spiro atoms. The highest BCUT2D eigenvalue weighted by molar-refractivity contribution is 5.82. The molecule has 1 aromatic carbocycles. The van der Waals surface area contributed by atoms with E-state index in [1.54, 1.807) is 12.1 Å². The number of carbonyl (C=O) groups excluding carboxylic acids is 1. The van der Waals surface area contributed by atoms with Crippen LogP contribution in [-0.4, -0.2) is 18.6 Å². The minimum Gasteiger partial charge on any atom is -0.484 e. The molecule has 0 bridgehead atoms. The summed E-state index contributed by atoms with van der Waals surface area (Å²) in [5.74, 6) is 0.699. The zero-order chi connectivity index (χ0) is 17.7. The van der Waals surface area contributed by atoms with Crippen LogP contribution in [0, 0.1) is 5.92 Å². The summed E-state index contributed by atoms with van der Waals surface area (Å²) in [6, 6.07) is 6.95. The molecule has 2 aromatic rings. The maximum atomic E-state index is 11.9. The number of hydrogen-bond acceptors (Lipinski definition) is 4. The zero-order valence-corrected chi connectivity index (χ0v) is 14.7. The molecule has 1 amide bonds. The Hall–Kier alpha value is -2.30. The highest BCUT2D eigenvalue weighted by Crippen LogP contribution is 2.23. The van der Waals surface area contributed by atoms with Gasteiger partial charge in [-0.15, -0.1) is 0 Å². The lowest BCUT2D eigenvalue weighted by Crippen LogP contribution is -2.38. The molecular formula is C19H25NO4. The predicted molar refractivity (Wildman–Crippen MR) is 94.4 cm³/mol. The van der Waals surface area contributed by atoms with Gasteiger partial charge < -0.3 is 14.5 Å². The van der Waals surface area contributed by atoms with Gasteiger partial charge in [-0.3, -0.25) is 4.79 Å². The molecule has 0 aliphatic carbocycles. The van der Waals surface area contributed by atoms with Gasteiger partial charge in [0.05, 0.1) is 0 Å². The van der Waals surface area contributed by atoms with Gasteiger partial charge in [0.1, 0.15) is 11.3 Å². The van der Waals surface area contributed by atoms with Crippen molar-refractivity contribution in [3.8, 4) is 5.75 Å². The summed E-state index contributed by atoms with van der Waals surface area (Å²) in [6.07, 6.45) is 1.77. The van der Waals surface area contributed by atoms with Crippen LogP contribution in [-0.2, 0) is 11.2 Å². The maximum absolute atomic E-state index is 11.9. The first-order valence-corrected chi connectivity index (χ1v) is 8.39. The fourth-order valence-electron chi connectivity index (χ4n) is 2.39. The highest BCUT2D eigenvalue weighted by atomic mass is 16.5. The second-order valence-electron chi connectivity index (χ2n) is 6.39. The number of amides is 1. The minimum absolute atomic E-state index is 0.0680. The molecule has 2 rings (SSSR count). The summed E-state index contributed by atoms with van der Waals surface area (Å²) >= 11 is 0. The summed E-state index contributed by atoms with van der Waals surface area (Å²) in [6.45, 7) is 8.05. The minimum atomic E-state index is -0.369. The summed E-state index contributed by atoms with van der Waals surface area (Å²) in [5.41, 5.74) is 1.09. The molecule has 0 saturated heterocycles. The quantitative estimate of drug-likeness (QED) is 0.791. The van der Waals surface area contributed by atoms with Crippen molar-refractivity contribution in [2.45, 2.75) is 46.6 Å². The number of aryl methyl sites for hydroxylation is 1. The molecule has 5 nitrogen and oxygen atoms in total. The van der Waals surface area contributed by atoms with Crippen molar-refractivity contribution in [2.75, 3.05) is 6.61 Å². The second kappa shape index (κ2) is 7.99. The molecule has 0 fully saturated rings. The lowest BCUT2D eigenvalue weighted by molar-refractivity contribution is -0.124. The Morgan fingerprint density at radius 3 is 2.67 bits per heavy atom. The van der Waals surface area contributed by atoms with Gasteiger partial charge in [-0.1, -0.05) is 27.2 Å². The maximum Gasteiger partial charge on any atom is 0.336 e. The van der Waals surface area contributed by atoms with Crippen LogP contribution in [0.3, 0.4) is 0 Å². The number of nitrogens with one attached hydrogen (secondary N) is 1. The first-order chi connectivity index (χ1) is 11.4. The molecule has 0 aliphatic rings. The molecule has 0 aliphatic heterocycles. The largest absolute Gasteiger partial charge is 0.484 e. The fraction of sp³-hybridized carbons (Fsp3) is 0.474. The van der Waals surface area contributed by atoms with E-state index in [0.717, 1.165) is 23.8 Å². The fourth-order valence-corrected chi connectivity index (χ4v) is 2.39. The topological polar surface area (TPSA) is 68.5 Å². The van der Waals surface area contributed by atoms with E-state index in [9.17, 15) is 9.59 Å². The average Bonchev–Trinajstić information content (AvgIpc) is 2.52. The normalized spacial score (nSPS) is 12.4. The van der Waals surface area contributed by atoms with Crippen LogP contribution in [0.1, 0.15) is 39.7 Å². The number of rotatable bonds is 7. The first kappa shape index (κ1) is 18.0. The Morgan fingerprint density at radius 2 is 2.00 bits per heavy atom.